The van der Waals surface area contributed by atoms with Crippen molar-refractivity contribution in [2.45, 2.75) is 25.6 Å². The molecule has 0 aliphatic rings. The van der Waals surface area contributed by atoms with Gasteiger partial charge in [-0.05, 0) is 71.1 Å². The minimum absolute atomic E-state index is 0.189. The monoisotopic (exact) mass is 396 g/mol. The zero-order valence-corrected chi connectivity index (χ0v) is 15.1. The fourth-order valence-corrected chi connectivity index (χ4v) is 3.14. The van der Waals surface area contributed by atoms with Crippen LogP contribution in [-0.4, -0.2) is 6.61 Å². The fraction of sp³-hybridized carbons (Fsp3) is 0.294. The Bertz CT molecular complexity index is 608. The maximum Gasteiger partial charge on any atom is 0.133 e. The topological polar surface area (TPSA) is 9.23 Å². The molecule has 0 aliphatic heterocycles. The molecular weight excluding hydrogens is 380 g/mol. The molecule has 1 atom stereocenters. The molecular formula is C17H18Br2O. The largest absolute Gasteiger partial charge is 0.493 e. The minimum atomic E-state index is 0.189. The molecule has 0 fully saturated rings. The van der Waals surface area contributed by atoms with Gasteiger partial charge in [-0.3, -0.25) is 0 Å². The van der Waals surface area contributed by atoms with Crippen molar-refractivity contribution in [3.8, 4) is 5.75 Å². The number of aryl methyl sites for hydroxylation is 2. The summed E-state index contributed by atoms with van der Waals surface area (Å²) in [5.41, 5.74) is 5.12. The third kappa shape index (κ3) is 3.44. The van der Waals surface area contributed by atoms with Gasteiger partial charge in [0.1, 0.15) is 5.75 Å². The van der Waals surface area contributed by atoms with Crippen LogP contribution in [0.15, 0.2) is 40.9 Å². The molecule has 3 heteroatoms. The maximum atomic E-state index is 5.55. The van der Waals surface area contributed by atoms with E-state index < -0.39 is 0 Å². The van der Waals surface area contributed by atoms with Crippen LogP contribution in [0.4, 0.5) is 0 Å². The van der Waals surface area contributed by atoms with Crippen molar-refractivity contribution in [2.75, 3.05) is 6.61 Å². The molecule has 2 aromatic rings. The highest BCUT2D eigenvalue weighted by atomic mass is 79.9. The summed E-state index contributed by atoms with van der Waals surface area (Å²) < 4.78 is 6.54. The molecule has 2 rings (SSSR count). The van der Waals surface area contributed by atoms with Crippen molar-refractivity contribution in [1.29, 1.82) is 0 Å². The van der Waals surface area contributed by atoms with E-state index in [0.717, 1.165) is 10.2 Å². The summed E-state index contributed by atoms with van der Waals surface area (Å²) in [5, 5.41) is 0. The second-order valence-electron chi connectivity index (χ2n) is 4.83. The van der Waals surface area contributed by atoms with Gasteiger partial charge in [0, 0.05) is 0 Å². The first-order valence-corrected chi connectivity index (χ1v) is 8.37. The van der Waals surface area contributed by atoms with Crippen molar-refractivity contribution in [1.82, 2.24) is 0 Å². The molecule has 0 heterocycles. The summed E-state index contributed by atoms with van der Waals surface area (Å²) in [5.74, 6) is 0.885. The number of alkyl halides is 1. The first-order valence-electron chi connectivity index (χ1n) is 6.66. The fourth-order valence-electron chi connectivity index (χ4n) is 2.06. The lowest BCUT2D eigenvalue weighted by Crippen LogP contribution is -1.97. The molecule has 106 valence electrons. The highest BCUT2D eigenvalue weighted by Gasteiger charge is 2.13. The van der Waals surface area contributed by atoms with Crippen molar-refractivity contribution >= 4 is 31.9 Å². The summed E-state index contributed by atoms with van der Waals surface area (Å²) in [6.07, 6.45) is 0. The SMILES string of the molecule is CCOc1ccc(C(Br)c2ccc(C)c(C)c2)cc1Br. The molecule has 1 nitrogen and oxygen atoms in total. The van der Waals surface area contributed by atoms with Crippen LogP contribution in [0.5, 0.6) is 5.75 Å². The zero-order valence-electron chi connectivity index (χ0n) is 11.9. The van der Waals surface area contributed by atoms with Crippen LogP contribution < -0.4 is 4.74 Å². The summed E-state index contributed by atoms with van der Waals surface area (Å²) in [6.45, 7) is 6.94. The van der Waals surface area contributed by atoms with Gasteiger partial charge in [0.25, 0.3) is 0 Å². The first kappa shape index (κ1) is 15.6. The molecule has 0 saturated carbocycles. The second-order valence-corrected chi connectivity index (χ2v) is 6.60. The lowest BCUT2D eigenvalue weighted by atomic mass is 10.0. The van der Waals surface area contributed by atoms with Gasteiger partial charge < -0.3 is 4.74 Å². The Morgan fingerprint density at radius 3 is 2.25 bits per heavy atom. The molecule has 1 unspecified atom stereocenters. The van der Waals surface area contributed by atoms with Gasteiger partial charge in [0.15, 0.2) is 0 Å². The van der Waals surface area contributed by atoms with Crippen molar-refractivity contribution in [2.24, 2.45) is 0 Å². The third-order valence-electron chi connectivity index (χ3n) is 3.37. The third-order valence-corrected chi connectivity index (χ3v) is 5.05. The van der Waals surface area contributed by atoms with E-state index in [2.05, 4.69) is 76.0 Å². The van der Waals surface area contributed by atoms with Gasteiger partial charge in [-0.2, -0.15) is 0 Å². The number of hydrogen-bond acceptors (Lipinski definition) is 1. The minimum Gasteiger partial charge on any atom is -0.493 e. The number of hydrogen-bond donors (Lipinski definition) is 0. The molecule has 0 radical (unpaired) electrons. The maximum absolute atomic E-state index is 5.55. The summed E-state index contributed by atoms with van der Waals surface area (Å²) >= 11 is 7.36. The first-order chi connectivity index (χ1) is 9.52. The number of halogens is 2. The Hall–Kier alpha value is -0.800. The number of rotatable bonds is 4. The van der Waals surface area contributed by atoms with Gasteiger partial charge in [-0.25, -0.2) is 0 Å². The van der Waals surface area contributed by atoms with Crippen LogP contribution in [0.1, 0.15) is 34.0 Å². The van der Waals surface area contributed by atoms with Crippen LogP contribution in [0.3, 0.4) is 0 Å². The van der Waals surface area contributed by atoms with Crippen LogP contribution >= 0.6 is 31.9 Å². The summed E-state index contributed by atoms with van der Waals surface area (Å²) in [6, 6.07) is 12.8. The highest BCUT2D eigenvalue weighted by molar-refractivity contribution is 9.10. The normalized spacial score (nSPS) is 12.2. The van der Waals surface area contributed by atoms with Gasteiger partial charge in [0.05, 0.1) is 15.9 Å². The highest BCUT2D eigenvalue weighted by Crippen LogP contribution is 2.35. The van der Waals surface area contributed by atoms with Crippen molar-refractivity contribution in [3.05, 3.63) is 63.1 Å². The summed E-state index contributed by atoms with van der Waals surface area (Å²) in [4.78, 5) is 0.189. The lowest BCUT2D eigenvalue weighted by Gasteiger charge is -2.14. The molecule has 0 bridgehead atoms. The zero-order chi connectivity index (χ0) is 14.7. The smallest absolute Gasteiger partial charge is 0.133 e. The second kappa shape index (κ2) is 6.77. The molecule has 0 saturated heterocycles. The van der Waals surface area contributed by atoms with E-state index in [0.29, 0.717) is 6.61 Å². The van der Waals surface area contributed by atoms with Crippen LogP contribution in [0, 0.1) is 13.8 Å². The van der Waals surface area contributed by atoms with Gasteiger partial charge in [-0.15, -0.1) is 0 Å². The van der Waals surface area contributed by atoms with Gasteiger partial charge in [-0.1, -0.05) is 40.2 Å². The molecule has 0 aromatic heterocycles. The number of benzene rings is 2. The van der Waals surface area contributed by atoms with E-state index in [-0.39, 0.29) is 4.83 Å². The average Bonchev–Trinajstić information content (AvgIpc) is 2.43. The summed E-state index contributed by atoms with van der Waals surface area (Å²) in [7, 11) is 0. The molecule has 20 heavy (non-hydrogen) atoms. The van der Waals surface area contributed by atoms with E-state index in [1.165, 1.54) is 22.3 Å². The Balaban J connectivity index is 2.30. The Morgan fingerprint density at radius 2 is 1.65 bits per heavy atom. The quantitative estimate of drug-likeness (QED) is 0.579. The lowest BCUT2D eigenvalue weighted by molar-refractivity contribution is 0.338. The Labute approximate surface area is 137 Å². The van der Waals surface area contributed by atoms with E-state index in [9.17, 15) is 0 Å². The van der Waals surface area contributed by atoms with E-state index in [1.54, 1.807) is 0 Å². The predicted molar refractivity (Wildman–Crippen MR) is 92.0 cm³/mol. The average molecular weight is 398 g/mol. The van der Waals surface area contributed by atoms with Crippen molar-refractivity contribution in [3.63, 3.8) is 0 Å². The molecule has 0 N–H and O–H groups in total. The molecule has 2 aromatic carbocycles. The van der Waals surface area contributed by atoms with Crippen LogP contribution in [-0.2, 0) is 0 Å². The Kier molecular flexibility index (Phi) is 5.28. The van der Waals surface area contributed by atoms with Crippen LogP contribution in [0.25, 0.3) is 0 Å². The van der Waals surface area contributed by atoms with Gasteiger partial charge >= 0.3 is 0 Å². The Morgan fingerprint density at radius 1 is 1.00 bits per heavy atom. The molecule has 0 amide bonds. The van der Waals surface area contributed by atoms with Crippen molar-refractivity contribution < 1.29 is 4.74 Å². The molecule has 0 aliphatic carbocycles. The van der Waals surface area contributed by atoms with Crippen LogP contribution in [0.2, 0.25) is 0 Å². The van der Waals surface area contributed by atoms with E-state index >= 15 is 0 Å². The van der Waals surface area contributed by atoms with E-state index in [1.807, 2.05) is 13.0 Å². The van der Waals surface area contributed by atoms with E-state index in [4.69, 9.17) is 4.74 Å². The predicted octanol–water partition coefficient (Wildman–Crippen LogP) is 5.95. The molecule has 0 spiro atoms. The van der Waals surface area contributed by atoms with Gasteiger partial charge in [0.2, 0.25) is 0 Å². The number of ether oxygens (including phenoxy) is 1. The standard InChI is InChI=1S/C17H18Br2O/c1-4-20-16-8-7-14(10-15(16)18)17(19)13-6-5-11(2)12(3)9-13/h5-10,17H,4H2,1-3H3.